The van der Waals surface area contributed by atoms with Gasteiger partial charge in [-0.05, 0) is 43.5 Å². The maximum absolute atomic E-state index is 13.8. The van der Waals surface area contributed by atoms with E-state index < -0.39 is 17.2 Å². The first-order valence-electron chi connectivity index (χ1n) is 11.8. The molecule has 5 nitrogen and oxygen atoms in total. The van der Waals surface area contributed by atoms with E-state index in [-0.39, 0.29) is 12.0 Å². The van der Waals surface area contributed by atoms with Gasteiger partial charge in [-0.15, -0.1) is 0 Å². The van der Waals surface area contributed by atoms with Crippen LogP contribution >= 0.6 is 0 Å². The maximum Gasteiger partial charge on any atom is 0.416 e. The van der Waals surface area contributed by atoms with Crippen LogP contribution in [0, 0.1) is 0 Å². The van der Waals surface area contributed by atoms with Gasteiger partial charge < -0.3 is 19.1 Å². The monoisotopic (exact) mass is 477 g/mol. The van der Waals surface area contributed by atoms with Crippen molar-refractivity contribution >= 4 is 5.91 Å². The smallest absolute Gasteiger partial charge is 0.416 e. The largest absolute Gasteiger partial charge is 0.490 e. The first kappa shape index (κ1) is 24.4. The second-order valence-electron chi connectivity index (χ2n) is 8.76. The first-order chi connectivity index (χ1) is 16.3. The highest BCUT2D eigenvalue weighted by molar-refractivity contribution is 5.88. The second-order valence-corrected chi connectivity index (χ2v) is 8.76. The van der Waals surface area contributed by atoms with Crippen molar-refractivity contribution in [2.75, 3.05) is 32.9 Å². The van der Waals surface area contributed by atoms with Crippen LogP contribution in [0.3, 0.4) is 0 Å². The number of ether oxygens (including phenoxy) is 3. The maximum atomic E-state index is 13.8. The number of likely N-dealkylation sites (tertiary alicyclic amines) is 1. The van der Waals surface area contributed by atoms with Crippen LogP contribution in [-0.2, 0) is 21.1 Å². The normalized spacial score (nSPS) is 19.0. The van der Waals surface area contributed by atoms with Crippen molar-refractivity contribution < 1.29 is 32.2 Å². The van der Waals surface area contributed by atoms with E-state index in [9.17, 15) is 18.0 Å². The molecule has 0 unspecified atom stereocenters. The van der Waals surface area contributed by atoms with E-state index in [0.29, 0.717) is 75.7 Å². The third-order valence-electron chi connectivity index (χ3n) is 6.67. The van der Waals surface area contributed by atoms with Crippen molar-refractivity contribution in [1.82, 2.24) is 4.90 Å². The van der Waals surface area contributed by atoms with Gasteiger partial charge in [0, 0.05) is 39.1 Å². The van der Waals surface area contributed by atoms with Crippen LogP contribution in [0.5, 0.6) is 11.5 Å². The Morgan fingerprint density at radius 2 is 1.74 bits per heavy atom. The molecule has 2 aromatic carbocycles. The van der Waals surface area contributed by atoms with Gasteiger partial charge in [-0.2, -0.15) is 13.2 Å². The van der Waals surface area contributed by atoms with E-state index in [1.165, 1.54) is 6.07 Å². The molecular weight excluding hydrogens is 447 g/mol. The zero-order chi connectivity index (χ0) is 24.2. The fraction of sp³-hybridized carbons (Fsp3) is 0.500. The lowest BCUT2D eigenvalue weighted by Gasteiger charge is -2.42. The molecule has 34 heavy (non-hydrogen) atoms. The van der Waals surface area contributed by atoms with Crippen molar-refractivity contribution in [2.45, 2.75) is 50.3 Å². The molecule has 0 atom stereocenters. The molecule has 0 bridgehead atoms. The number of rotatable bonds is 6. The molecule has 2 saturated heterocycles. The van der Waals surface area contributed by atoms with Gasteiger partial charge in [0.05, 0.1) is 17.6 Å². The molecule has 2 aromatic rings. The molecule has 2 heterocycles. The average Bonchev–Trinajstić information content (AvgIpc) is 2.85. The summed E-state index contributed by atoms with van der Waals surface area (Å²) in [6, 6.07) is 12.7. The number of benzene rings is 2. The molecule has 0 aliphatic carbocycles. The van der Waals surface area contributed by atoms with Gasteiger partial charge in [0.1, 0.15) is 6.10 Å². The minimum absolute atomic E-state index is 0.0650. The van der Waals surface area contributed by atoms with Gasteiger partial charge in [0.2, 0.25) is 5.91 Å². The lowest BCUT2D eigenvalue weighted by Crippen LogP contribution is -2.53. The van der Waals surface area contributed by atoms with Crippen molar-refractivity contribution in [3.8, 4) is 11.5 Å². The van der Waals surface area contributed by atoms with Gasteiger partial charge in [0.25, 0.3) is 0 Å². The summed E-state index contributed by atoms with van der Waals surface area (Å²) in [6.45, 7) is 4.11. The number of halogens is 3. The minimum atomic E-state index is -4.46. The summed E-state index contributed by atoms with van der Waals surface area (Å²) in [5.74, 6) is 1.25. The van der Waals surface area contributed by atoms with Crippen molar-refractivity contribution in [3.63, 3.8) is 0 Å². The van der Waals surface area contributed by atoms with E-state index in [2.05, 4.69) is 0 Å². The molecule has 0 spiro atoms. The molecule has 0 N–H and O–H groups in total. The van der Waals surface area contributed by atoms with Crippen LogP contribution in [0.1, 0.15) is 43.7 Å². The molecule has 8 heteroatoms. The van der Waals surface area contributed by atoms with Crippen LogP contribution in [0.15, 0.2) is 48.5 Å². The highest BCUT2D eigenvalue weighted by atomic mass is 19.4. The van der Waals surface area contributed by atoms with Crippen LogP contribution in [-0.4, -0.2) is 49.8 Å². The van der Waals surface area contributed by atoms with Gasteiger partial charge >= 0.3 is 6.18 Å². The Bertz CT molecular complexity index is 980. The number of carbonyl (C=O) groups excluding carboxylic acids is 1. The van der Waals surface area contributed by atoms with E-state index >= 15 is 0 Å². The van der Waals surface area contributed by atoms with E-state index in [0.717, 1.165) is 12.1 Å². The van der Waals surface area contributed by atoms with Gasteiger partial charge in [-0.25, -0.2) is 0 Å². The SMILES string of the molecule is CCOc1ccccc1OC1CCN(C(=O)C2(c3cccc(C(F)(F)F)c3)CCOCC2)CC1. The Morgan fingerprint density at radius 1 is 1.06 bits per heavy atom. The first-order valence-corrected chi connectivity index (χ1v) is 11.8. The highest BCUT2D eigenvalue weighted by Crippen LogP contribution is 2.40. The molecule has 1 amide bonds. The molecular formula is C26H30F3NO4. The Hall–Kier alpha value is -2.74. The summed E-state index contributed by atoms with van der Waals surface area (Å²) in [7, 11) is 0. The standard InChI is InChI=1S/C26H30F3NO4/c1-2-33-22-8-3-4-9-23(22)34-21-10-14-30(15-11-21)24(31)25(12-16-32-17-13-25)19-6-5-7-20(18-19)26(27,28)29/h3-9,18,21H,2,10-17H2,1H3. The van der Waals surface area contributed by atoms with E-state index in [1.54, 1.807) is 11.0 Å². The van der Waals surface area contributed by atoms with Crippen molar-refractivity contribution in [1.29, 1.82) is 0 Å². The van der Waals surface area contributed by atoms with Crippen molar-refractivity contribution in [2.24, 2.45) is 0 Å². The Kier molecular flexibility index (Phi) is 7.36. The Labute approximate surface area is 197 Å². The highest BCUT2D eigenvalue weighted by Gasteiger charge is 2.45. The van der Waals surface area contributed by atoms with Gasteiger partial charge in [-0.3, -0.25) is 4.79 Å². The molecule has 4 rings (SSSR count). The minimum Gasteiger partial charge on any atom is -0.490 e. The summed E-state index contributed by atoms with van der Waals surface area (Å²) in [4.78, 5) is 15.5. The van der Waals surface area contributed by atoms with E-state index in [4.69, 9.17) is 14.2 Å². The number of carbonyl (C=O) groups is 1. The third-order valence-corrected chi connectivity index (χ3v) is 6.67. The molecule has 2 aliphatic heterocycles. The van der Waals surface area contributed by atoms with Gasteiger partial charge in [0.15, 0.2) is 11.5 Å². The molecule has 184 valence electrons. The Balaban J connectivity index is 1.48. The lowest BCUT2D eigenvalue weighted by molar-refractivity contribution is -0.144. The molecule has 2 fully saturated rings. The average molecular weight is 478 g/mol. The van der Waals surface area contributed by atoms with Crippen LogP contribution in [0.25, 0.3) is 0 Å². The zero-order valence-electron chi connectivity index (χ0n) is 19.3. The number of nitrogens with zero attached hydrogens (tertiary/aromatic N) is 1. The summed E-state index contributed by atoms with van der Waals surface area (Å²) in [6.07, 6.45) is -2.51. The van der Waals surface area contributed by atoms with Crippen LogP contribution in [0.2, 0.25) is 0 Å². The summed E-state index contributed by atoms with van der Waals surface area (Å²) >= 11 is 0. The van der Waals surface area contributed by atoms with Crippen molar-refractivity contribution in [3.05, 3.63) is 59.7 Å². The number of hydrogen-bond acceptors (Lipinski definition) is 4. The fourth-order valence-corrected chi connectivity index (χ4v) is 4.82. The van der Waals surface area contributed by atoms with Gasteiger partial charge in [-0.1, -0.05) is 30.3 Å². The molecule has 2 aliphatic rings. The lowest BCUT2D eigenvalue weighted by atomic mass is 9.72. The Morgan fingerprint density at radius 3 is 2.38 bits per heavy atom. The quantitative estimate of drug-likeness (QED) is 0.572. The number of alkyl halides is 3. The predicted molar refractivity (Wildman–Crippen MR) is 121 cm³/mol. The topological polar surface area (TPSA) is 48.0 Å². The molecule has 0 radical (unpaired) electrons. The van der Waals surface area contributed by atoms with Crippen LogP contribution in [0.4, 0.5) is 13.2 Å². The number of piperidine rings is 1. The van der Waals surface area contributed by atoms with Crippen LogP contribution < -0.4 is 9.47 Å². The zero-order valence-corrected chi connectivity index (χ0v) is 19.3. The second kappa shape index (κ2) is 10.3. The number of para-hydroxylation sites is 2. The molecule has 0 saturated carbocycles. The fourth-order valence-electron chi connectivity index (χ4n) is 4.82. The third kappa shape index (κ3) is 5.17. The summed E-state index contributed by atoms with van der Waals surface area (Å²) in [5.41, 5.74) is -1.32. The molecule has 0 aromatic heterocycles. The van der Waals surface area contributed by atoms with E-state index in [1.807, 2.05) is 31.2 Å². The number of amides is 1. The summed E-state index contributed by atoms with van der Waals surface area (Å²) < 4.78 is 57.4. The predicted octanol–water partition coefficient (Wildman–Crippen LogP) is 5.22. The number of hydrogen-bond donors (Lipinski definition) is 0. The summed E-state index contributed by atoms with van der Waals surface area (Å²) in [5, 5.41) is 0.